The van der Waals surface area contributed by atoms with Crippen molar-refractivity contribution >= 4 is 43.6 Å². The highest BCUT2D eigenvalue weighted by Gasteiger charge is 2.29. The number of aromatic nitrogens is 5. The molecular weight excluding hydrogens is 911 g/mol. The third-order valence-electron chi connectivity index (χ3n) is 15.2. The molecule has 0 N–H and O–H groups in total. The van der Waals surface area contributed by atoms with Gasteiger partial charge >= 0.3 is 0 Å². The van der Waals surface area contributed by atoms with Gasteiger partial charge in [0.15, 0.2) is 11.6 Å². The van der Waals surface area contributed by atoms with Crippen molar-refractivity contribution in [3.63, 3.8) is 0 Å². The van der Waals surface area contributed by atoms with Crippen molar-refractivity contribution in [1.29, 1.82) is 0 Å². The van der Waals surface area contributed by atoms with Crippen LogP contribution in [0.15, 0.2) is 261 Å². The average Bonchev–Trinajstić information content (AvgIpc) is 4.15. The van der Waals surface area contributed by atoms with Gasteiger partial charge in [0.05, 0.1) is 22.1 Å². The lowest BCUT2D eigenvalue weighted by molar-refractivity contribution is 0.953. The fraction of sp³-hybridized carbons (Fsp3) is 0.0143. The summed E-state index contributed by atoms with van der Waals surface area (Å²) in [7, 11) is 0. The molecule has 1 aliphatic carbocycles. The van der Waals surface area contributed by atoms with Gasteiger partial charge in [-0.25, -0.2) is 4.98 Å². The molecule has 0 amide bonds. The van der Waals surface area contributed by atoms with Gasteiger partial charge in [-0.2, -0.15) is 9.97 Å². The Kier molecular flexibility index (Phi) is 9.88. The largest absolute Gasteiger partial charge is 0.309 e. The van der Waals surface area contributed by atoms with Crippen LogP contribution in [-0.4, -0.2) is 24.1 Å². The zero-order chi connectivity index (χ0) is 49.4. The van der Waals surface area contributed by atoms with Crippen LogP contribution in [0.25, 0.3) is 134 Å². The molecule has 0 fully saturated rings. The maximum Gasteiger partial charge on any atom is 0.238 e. The highest BCUT2D eigenvalue weighted by molar-refractivity contribution is 6.29. The van der Waals surface area contributed by atoms with Crippen LogP contribution in [0.1, 0.15) is 11.1 Å². The zero-order valence-electron chi connectivity index (χ0n) is 40.8. The van der Waals surface area contributed by atoms with E-state index in [4.69, 9.17) is 15.0 Å². The van der Waals surface area contributed by atoms with E-state index in [0.717, 1.165) is 56.1 Å². The van der Waals surface area contributed by atoms with Crippen molar-refractivity contribution < 1.29 is 0 Å². The molecule has 3 aromatic heterocycles. The van der Waals surface area contributed by atoms with Gasteiger partial charge in [-0.3, -0.25) is 4.57 Å². The molecule has 0 spiro atoms. The summed E-state index contributed by atoms with van der Waals surface area (Å²) in [5.41, 5.74) is 22.3. The van der Waals surface area contributed by atoms with Crippen LogP contribution in [0, 0.1) is 0 Å². The fourth-order valence-corrected chi connectivity index (χ4v) is 11.8. The second kappa shape index (κ2) is 17.4. The fourth-order valence-electron chi connectivity index (χ4n) is 11.8. The van der Waals surface area contributed by atoms with Crippen LogP contribution in [-0.2, 0) is 6.42 Å². The topological polar surface area (TPSA) is 48.5 Å². The highest BCUT2D eigenvalue weighted by atomic mass is 15.2. The average molecular weight is 956 g/mol. The lowest BCUT2D eigenvalue weighted by Crippen LogP contribution is -2.06. The minimum absolute atomic E-state index is 0.572. The molecule has 0 unspecified atom stereocenters. The number of para-hydroxylation sites is 2. The minimum atomic E-state index is 0.572. The van der Waals surface area contributed by atoms with E-state index in [1.807, 2.05) is 36.4 Å². The predicted octanol–water partition coefficient (Wildman–Crippen LogP) is 17.6. The van der Waals surface area contributed by atoms with E-state index in [9.17, 15) is 0 Å². The molecule has 14 aromatic rings. The Hall–Kier alpha value is -9.97. The van der Waals surface area contributed by atoms with E-state index in [2.05, 4.69) is 234 Å². The lowest BCUT2D eigenvalue weighted by Gasteiger charge is -2.16. The Balaban J connectivity index is 0.983. The Morgan fingerprint density at radius 3 is 1.23 bits per heavy atom. The third-order valence-corrected chi connectivity index (χ3v) is 15.2. The number of rotatable bonds is 8. The third kappa shape index (κ3) is 7.04. The summed E-state index contributed by atoms with van der Waals surface area (Å²) >= 11 is 0. The van der Waals surface area contributed by atoms with E-state index in [-0.39, 0.29) is 0 Å². The summed E-state index contributed by atoms with van der Waals surface area (Å²) in [5.74, 6) is 1.82. The van der Waals surface area contributed by atoms with E-state index < -0.39 is 0 Å². The van der Waals surface area contributed by atoms with Crippen molar-refractivity contribution in [2.24, 2.45) is 0 Å². The number of hydrogen-bond acceptors (Lipinski definition) is 3. The monoisotopic (exact) mass is 955 g/mol. The molecule has 3 heterocycles. The molecule has 75 heavy (non-hydrogen) atoms. The first-order valence-corrected chi connectivity index (χ1v) is 25.6. The Bertz CT molecular complexity index is 4460. The maximum atomic E-state index is 5.26. The first-order valence-electron chi connectivity index (χ1n) is 25.6. The molecule has 11 aromatic carbocycles. The molecule has 0 radical (unpaired) electrons. The van der Waals surface area contributed by atoms with Crippen LogP contribution < -0.4 is 0 Å². The second-order valence-electron chi connectivity index (χ2n) is 19.5. The minimum Gasteiger partial charge on any atom is -0.309 e. The molecule has 0 saturated heterocycles. The quantitative estimate of drug-likeness (QED) is 0.152. The lowest BCUT2D eigenvalue weighted by atomic mass is 9.90. The van der Waals surface area contributed by atoms with Crippen molar-refractivity contribution in [1.82, 2.24) is 24.1 Å². The molecular formula is C70H45N5. The normalized spacial score (nSPS) is 11.9. The van der Waals surface area contributed by atoms with Gasteiger partial charge in [0.25, 0.3) is 0 Å². The van der Waals surface area contributed by atoms with Crippen LogP contribution in [0.3, 0.4) is 0 Å². The molecule has 0 saturated carbocycles. The summed E-state index contributed by atoms with van der Waals surface area (Å²) in [6.07, 6.45) is 0.825. The summed E-state index contributed by atoms with van der Waals surface area (Å²) < 4.78 is 4.73. The SMILES string of the molecule is c1ccc(-c2cccc(-c3cc(-c4ccccc4)c4c(c3)-c3cc(-n5c6ccccc6c6c7c8ccccc8n(-c8nc(-c9ccccc9)nc(-c9ccccc9)n8)c7ccc65)cc(-c5ccccc5)c3C4)c2)cc1. The summed E-state index contributed by atoms with van der Waals surface area (Å²) in [6, 6.07) is 93.9. The Labute approximate surface area is 434 Å². The Morgan fingerprint density at radius 2 is 0.667 bits per heavy atom. The molecule has 350 valence electrons. The van der Waals surface area contributed by atoms with Gasteiger partial charge in [-0.15, -0.1) is 0 Å². The molecule has 0 bridgehead atoms. The van der Waals surface area contributed by atoms with E-state index in [0.29, 0.717) is 17.6 Å². The van der Waals surface area contributed by atoms with Gasteiger partial charge < -0.3 is 4.57 Å². The van der Waals surface area contributed by atoms with Crippen LogP contribution in [0.5, 0.6) is 0 Å². The summed E-state index contributed by atoms with van der Waals surface area (Å²) in [4.78, 5) is 15.6. The van der Waals surface area contributed by atoms with Gasteiger partial charge in [-0.1, -0.05) is 206 Å². The molecule has 1 aliphatic rings. The van der Waals surface area contributed by atoms with Gasteiger partial charge in [0, 0.05) is 38.4 Å². The van der Waals surface area contributed by atoms with Gasteiger partial charge in [0.1, 0.15) is 0 Å². The van der Waals surface area contributed by atoms with E-state index >= 15 is 0 Å². The maximum absolute atomic E-state index is 5.26. The zero-order valence-corrected chi connectivity index (χ0v) is 40.8. The molecule has 0 aliphatic heterocycles. The van der Waals surface area contributed by atoms with Crippen molar-refractivity contribution in [3.05, 3.63) is 272 Å². The van der Waals surface area contributed by atoms with E-state index in [1.54, 1.807) is 0 Å². The Morgan fingerprint density at radius 1 is 0.267 bits per heavy atom. The number of nitrogens with zero attached hydrogens (tertiary/aromatic N) is 5. The van der Waals surface area contributed by atoms with Crippen LogP contribution in [0.2, 0.25) is 0 Å². The second-order valence-corrected chi connectivity index (χ2v) is 19.5. The molecule has 0 atom stereocenters. The van der Waals surface area contributed by atoms with Crippen molar-refractivity contribution in [2.45, 2.75) is 6.42 Å². The number of fused-ring (bicyclic) bond motifs is 10. The predicted molar refractivity (Wildman–Crippen MR) is 309 cm³/mol. The van der Waals surface area contributed by atoms with Gasteiger partial charge in [-0.05, 0) is 128 Å². The highest BCUT2D eigenvalue weighted by Crippen LogP contribution is 2.50. The number of benzene rings is 11. The first-order chi connectivity index (χ1) is 37.2. The van der Waals surface area contributed by atoms with E-state index in [1.165, 1.54) is 77.5 Å². The summed E-state index contributed by atoms with van der Waals surface area (Å²) in [5, 5.41) is 4.66. The standard InChI is InChI=1S/C70H45N5/c1-6-21-45(22-7-1)50-31-20-32-51(39-50)52-40-56(46-23-8-2-9-24-46)60-44-61-57(47-25-10-3-11-26-47)42-53(43-59(61)58(60)41-52)74-62-35-18-16-33-54(62)66-64(74)37-38-65-67(66)55-34-17-19-36-63(55)75(65)70-72-68(48-27-12-4-13-28-48)71-69(73-70)49-29-14-5-15-30-49/h1-43H,44H2. The molecule has 5 nitrogen and oxygen atoms in total. The summed E-state index contributed by atoms with van der Waals surface area (Å²) in [6.45, 7) is 0. The molecule has 5 heteroatoms. The van der Waals surface area contributed by atoms with Crippen molar-refractivity contribution in [3.8, 4) is 90.0 Å². The number of hydrogen-bond donors (Lipinski definition) is 0. The van der Waals surface area contributed by atoms with Crippen molar-refractivity contribution in [2.75, 3.05) is 0 Å². The van der Waals surface area contributed by atoms with Crippen LogP contribution in [0.4, 0.5) is 0 Å². The van der Waals surface area contributed by atoms with Gasteiger partial charge in [0.2, 0.25) is 5.95 Å². The smallest absolute Gasteiger partial charge is 0.238 e. The first kappa shape index (κ1) is 42.7. The van der Waals surface area contributed by atoms with Crippen LogP contribution >= 0.6 is 0 Å². The molecule has 15 rings (SSSR count).